The summed E-state index contributed by atoms with van der Waals surface area (Å²) in [5.74, 6) is -1.05. The predicted octanol–water partition coefficient (Wildman–Crippen LogP) is 2.09. The highest BCUT2D eigenvalue weighted by molar-refractivity contribution is 9.10. The number of nitro benzene ring substituents is 1. The molecule has 0 radical (unpaired) electrons. The van der Waals surface area contributed by atoms with Crippen molar-refractivity contribution in [2.24, 2.45) is 0 Å². The molecule has 0 fully saturated rings. The van der Waals surface area contributed by atoms with E-state index in [4.69, 9.17) is 2.74 Å². The van der Waals surface area contributed by atoms with Crippen molar-refractivity contribution in [2.75, 3.05) is 5.75 Å². The van der Waals surface area contributed by atoms with E-state index in [0.29, 0.717) is 0 Å². The lowest BCUT2D eigenvalue weighted by molar-refractivity contribution is -0.385. The maximum Gasteiger partial charge on any atom is 0.308 e. The maximum absolute atomic E-state index is 11.4. The molecule has 0 N–H and O–H groups in total. The van der Waals surface area contributed by atoms with Crippen molar-refractivity contribution < 1.29 is 20.3 Å². The molecule has 0 bridgehead atoms. The van der Waals surface area contributed by atoms with Crippen molar-refractivity contribution in [2.45, 2.75) is 6.88 Å². The Hall–Kier alpha value is -1.15. The summed E-state index contributed by atoms with van der Waals surface area (Å²) in [7, 11) is -4.11. The first-order valence-corrected chi connectivity index (χ1v) is 6.28. The Kier molecular flexibility index (Phi) is 3.00. The van der Waals surface area contributed by atoms with Crippen LogP contribution >= 0.6 is 15.9 Å². The smallest absolute Gasteiger partial charge is 0.308 e. The summed E-state index contributed by atoms with van der Waals surface area (Å²) in [4.78, 5) is 9.88. The highest BCUT2D eigenvalue weighted by Gasteiger charge is 2.14. The molecule has 0 aliphatic carbocycles. The highest BCUT2D eigenvalue weighted by Crippen LogP contribution is 2.26. The van der Waals surface area contributed by atoms with E-state index < -0.39 is 27.7 Å². The van der Waals surface area contributed by atoms with Gasteiger partial charge in [-0.1, -0.05) is 15.9 Å². The van der Waals surface area contributed by atoms with Crippen LogP contribution in [0.25, 0.3) is 0 Å². The molecule has 0 unspecified atom stereocenters. The second-order valence-corrected chi connectivity index (χ2v) is 5.24. The molecular weight excluding hydrogens is 302 g/mol. The zero-order valence-electron chi connectivity index (χ0n) is 9.79. The van der Waals surface area contributed by atoms with Crippen LogP contribution in [0, 0.1) is 10.1 Å². The molecule has 0 saturated carbocycles. The van der Waals surface area contributed by atoms with Crippen molar-refractivity contribution in [1.82, 2.24) is 0 Å². The summed E-state index contributed by atoms with van der Waals surface area (Å²) in [6.45, 7) is -1.59. The van der Waals surface area contributed by atoms with E-state index in [9.17, 15) is 18.5 Å². The van der Waals surface area contributed by atoms with Crippen LogP contribution in [0.4, 0.5) is 5.69 Å². The van der Waals surface area contributed by atoms with Gasteiger partial charge < -0.3 is 4.18 Å². The maximum atomic E-state index is 11.4. The van der Waals surface area contributed by atoms with Gasteiger partial charge in [-0.05, 0) is 12.9 Å². The Morgan fingerprint density at radius 1 is 1.56 bits per heavy atom. The van der Waals surface area contributed by atoms with Gasteiger partial charge in [0.15, 0.2) is 5.75 Å². The third-order valence-electron chi connectivity index (χ3n) is 1.49. The lowest BCUT2D eigenvalue weighted by Crippen LogP contribution is -2.11. The summed E-state index contributed by atoms with van der Waals surface area (Å²) in [6, 6.07) is 3.38. The van der Waals surface area contributed by atoms with Crippen molar-refractivity contribution in [1.29, 1.82) is 0 Å². The number of hydrogen-bond acceptors (Lipinski definition) is 5. The van der Waals surface area contributed by atoms with Crippen molar-refractivity contribution in [3.63, 3.8) is 0 Å². The van der Waals surface area contributed by atoms with Gasteiger partial charge in [0, 0.05) is 13.3 Å². The van der Waals surface area contributed by atoms with E-state index in [1.54, 1.807) is 0 Å². The number of hydrogen-bond donors (Lipinski definition) is 0. The van der Waals surface area contributed by atoms with Crippen LogP contribution in [-0.2, 0) is 10.1 Å². The number of benzene rings is 1. The molecular formula is C8H8BrNO5S. The van der Waals surface area contributed by atoms with Gasteiger partial charge >= 0.3 is 10.1 Å². The van der Waals surface area contributed by atoms with Gasteiger partial charge in [0.2, 0.25) is 0 Å². The number of nitro groups is 1. The SMILES string of the molecule is [2H]C([2H])CS(=O)(=O)Oc1cc(Br)cc([N+](=O)[O-])c1. The topological polar surface area (TPSA) is 86.5 Å². The molecule has 0 aliphatic heterocycles. The second kappa shape index (κ2) is 4.79. The Morgan fingerprint density at radius 2 is 2.25 bits per heavy atom. The molecule has 16 heavy (non-hydrogen) atoms. The van der Waals surface area contributed by atoms with Gasteiger partial charge in [-0.3, -0.25) is 10.1 Å². The van der Waals surface area contributed by atoms with Crippen molar-refractivity contribution in [3.8, 4) is 5.75 Å². The standard InChI is InChI=1S/C8H8BrNO5S/c1-2-16(13,14)15-8-4-6(9)3-7(5-8)10(11)12/h3-5H,2H2,1H3/i1D2. The molecule has 8 heteroatoms. The largest absolute Gasteiger partial charge is 0.382 e. The Morgan fingerprint density at radius 3 is 2.81 bits per heavy atom. The molecule has 0 atom stereocenters. The van der Waals surface area contributed by atoms with Gasteiger partial charge in [0.1, 0.15) is 0 Å². The van der Waals surface area contributed by atoms with E-state index in [1.165, 1.54) is 12.1 Å². The first-order chi connectivity index (χ1) is 8.19. The predicted molar refractivity (Wildman–Crippen MR) is 60.9 cm³/mol. The third-order valence-corrected chi connectivity index (χ3v) is 2.81. The van der Waals surface area contributed by atoms with Crippen LogP contribution in [-0.4, -0.2) is 19.1 Å². The molecule has 1 rings (SSSR count). The number of halogens is 1. The van der Waals surface area contributed by atoms with Crippen molar-refractivity contribution >= 4 is 31.7 Å². The monoisotopic (exact) mass is 311 g/mol. The minimum Gasteiger partial charge on any atom is -0.382 e. The van der Waals surface area contributed by atoms with Gasteiger partial charge in [0.25, 0.3) is 5.69 Å². The molecule has 1 aromatic rings. The van der Waals surface area contributed by atoms with Crippen LogP contribution in [0.3, 0.4) is 0 Å². The number of non-ortho nitro benzene ring substituents is 1. The third kappa shape index (κ3) is 3.46. The average molecular weight is 312 g/mol. The van der Waals surface area contributed by atoms with E-state index >= 15 is 0 Å². The normalized spacial score (nSPS) is 13.1. The summed E-state index contributed by atoms with van der Waals surface area (Å²) in [5, 5.41) is 10.6. The second-order valence-electron chi connectivity index (χ2n) is 2.71. The first-order valence-electron chi connectivity index (χ1n) is 5.07. The Bertz CT molecular complexity index is 563. The molecule has 0 heterocycles. The van der Waals surface area contributed by atoms with Crippen LogP contribution < -0.4 is 4.18 Å². The van der Waals surface area contributed by atoms with Gasteiger partial charge in [-0.2, -0.15) is 8.42 Å². The van der Waals surface area contributed by atoms with E-state index in [0.717, 1.165) is 6.07 Å². The lowest BCUT2D eigenvalue weighted by atomic mass is 10.3. The number of nitrogens with zero attached hydrogens (tertiary/aromatic N) is 1. The van der Waals surface area contributed by atoms with Crippen LogP contribution in [0.15, 0.2) is 22.7 Å². The molecule has 0 spiro atoms. The molecule has 88 valence electrons. The number of rotatable bonds is 4. The first kappa shape index (κ1) is 10.0. The Balaban J connectivity index is 3.01. The van der Waals surface area contributed by atoms with Gasteiger partial charge in [-0.15, -0.1) is 0 Å². The summed E-state index contributed by atoms with van der Waals surface area (Å²) < 4.78 is 41.3. The molecule has 6 nitrogen and oxygen atoms in total. The van der Waals surface area contributed by atoms with Crippen molar-refractivity contribution in [3.05, 3.63) is 32.8 Å². The van der Waals surface area contributed by atoms with Crippen LogP contribution in [0.1, 0.15) is 9.62 Å². The van der Waals surface area contributed by atoms with E-state index in [1.807, 2.05) is 0 Å². The average Bonchev–Trinajstić information content (AvgIpc) is 2.12. The van der Waals surface area contributed by atoms with E-state index in [2.05, 4.69) is 20.1 Å². The zero-order valence-corrected chi connectivity index (χ0v) is 10.2. The van der Waals surface area contributed by atoms with Gasteiger partial charge in [0.05, 0.1) is 16.7 Å². The van der Waals surface area contributed by atoms with Crippen LogP contribution in [0.5, 0.6) is 5.75 Å². The zero-order chi connectivity index (χ0) is 13.9. The molecule has 0 amide bonds. The fourth-order valence-electron chi connectivity index (χ4n) is 0.882. The molecule has 0 aromatic heterocycles. The van der Waals surface area contributed by atoms with E-state index in [-0.39, 0.29) is 15.9 Å². The fraction of sp³-hybridized carbons (Fsp3) is 0.250. The van der Waals surface area contributed by atoms with Gasteiger partial charge in [-0.25, -0.2) is 0 Å². The molecule has 0 saturated heterocycles. The minimum atomic E-state index is -4.11. The lowest BCUT2D eigenvalue weighted by Gasteiger charge is -2.04. The Labute approximate surface area is 103 Å². The molecule has 1 aromatic carbocycles. The minimum absolute atomic E-state index is 0.239. The summed E-state index contributed by atoms with van der Waals surface area (Å²) in [5.41, 5.74) is -0.331. The quantitative estimate of drug-likeness (QED) is 0.482. The summed E-state index contributed by atoms with van der Waals surface area (Å²) in [6.07, 6.45) is 0. The summed E-state index contributed by atoms with van der Waals surface area (Å²) >= 11 is 2.99. The molecule has 0 aliphatic rings. The fourth-order valence-corrected chi connectivity index (χ4v) is 1.80. The highest BCUT2D eigenvalue weighted by atomic mass is 79.9. The van der Waals surface area contributed by atoms with Crippen LogP contribution in [0.2, 0.25) is 0 Å².